The van der Waals surface area contributed by atoms with Crippen molar-refractivity contribution in [2.75, 3.05) is 40.1 Å². The maximum atomic E-state index is 11.7. The quantitative estimate of drug-likeness (QED) is 0.504. The highest BCUT2D eigenvalue weighted by atomic mass is 16.6. The van der Waals surface area contributed by atoms with Gasteiger partial charge in [0.05, 0.1) is 6.61 Å². The molecule has 5 nitrogen and oxygen atoms in total. The number of rotatable bonds is 8. The minimum atomic E-state index is -0.490. The summed E-state index contributed by atoms with van der Waals surface area (Å²) in [6.07, 6.45) is 2.74. The topological polar surface area (TPSA) is 56.8 Å². The molecule has 0 saturated carbocycles. The molecule has 0 aromatic carbocycles. The standard InChI is InChI=1S/C12H23NO4/c1-12(5-3-6-13-12)11(14)17-10-9-16-8-4-7-15-2/h13H,3-10H2,1-2H3. The lowest BCUT2D eigenvalue weighted by molar-refractivity contribution is -0.151. The Labute approximate surface area is 103 Å². The molecule has 1 fully saturated rings. The number of ether oxygens (including phenoxy) is 3. The number of esters is 1. The van der Waals surface area contributed by atoms with Crippen molar-refractivity contribution < 1.29 is 19.0 Å². The largest absolute Gasteiger partial charge is 0.462 e. The van der Waals surface area contributed by atoms with Gasteiger partial charge >= 0.3 is 5.97 Å². The van der Waals surface area contributed by atoms with Gasteiger partial charge in [-0.1, -0.05) is 0 Å². The SMILES string of the molecule is COCCCOCCOC(=O)C1(C)CCCN1. The Morgan fingerprint density at radius 1 is 1.29 bits per heavy atom. The first kappa shape index (κ1) is 14.4. The van der Waals surface area contributed by atoms with Crippen LogP contribution >= 0.6 is 0 Å². The first-order valence-corrected chi connectivity index (χ1v) is 6.18. The number of hydrogen-bond donors (Lipinski definition) is 1. The number of carbonyl (C=O) groups excluding carboxylic acids is 1. The van der Waals surface area contributed by atoms with Crippen LogP contribution in [-0.4, -0.2) is 51.6 Å². The van der Waals surface area contributed by atoms with Crippen molar-refractivity contribution in [2.45, 2.75) is 31.7 Å². The minimum Gasteiger partial charge on any atom is -0.462 e. The molecule has 1 heterocycles. The zero-order valence-electron chi connectivity index (χ0n) is 10.8. The van der Waals surface area contributed by atoms with Gasteiger partial charge < -0.3 is 19.5 Å². The second-order valence-corrected chi connectivity index (χ2v) is 4.46. The van der Waals surface area contributed by atoms with Crippen molar-refractivity contribution in [1.82, 2.24) is 5.32 Å². The molecule has 0 aromatic rings. The predicted molar refractivity (Wildman–Crippen MR) is 63.9 cm³/mol. The van der Waals surface area contributed by atoms with Crippen molar-refractivity contribution >= 4 is 5.97 Å². The van der Waals surface area contributed by atoms with Crippen LogP contribution in [-0.2, 0) is 19.0 Å². The zero-order valence-corrected chi connectivity index (χ0v) is 10.8. The van der Waals surface area contributed by atoms with Crippen LogP contribution in [0.15, 0.2) is 0 Å². The summed E-state index contributed by atoms with van der Waals surface area (Å²) in [5.41, 5.74) is -0.490. The molecule has 1 unspecified atom stereocenters. The van der Waals surface area contributed by atoms with Crippen molar-refractivity contribution in [3.05, 3.63) is 0 Å². The van der Waals surface area contributed by atoms with Gasteiger partial charge in [0, 0.05) is 20.3 Å². The van der Waals surface area contributed by atoms with Crippen molar-refractivity contribution in [2.24, 2.45) is 0 Å². The van der Waals surface area contributed by atoms with E-state index in [0.29, 0.717) is 26.4 Å². The van der Waals surface area contributed by atoms with E-state index in [1.807, 2.05) is 6.92 Å². The van der Waals surface area contributed by atoms with Gasteiger partial charge in [0.15, 0.2) is 0 Å². The average molecular weight is 245 g/mol. The third kappa shape index (κ3) is 5.02. The molecule has 17 heavy (non-hydrogen) atoms. The first-order valence-electron chi connectivity index (χ1n) is 6.18. The minimum absolute atomic E-state index is 0.171. The third-order valence-corrected chi connectivity index (χ3v) is 2.92. The molecule has 0 radical (unpaired) electrons. The molecule has 1 aliphatic rings. The van der Waals surface area contributed by atoms with Crippen LogP contribution < -0.4 is 5.32 Å². The molecule has 100 valence electrons. The normalized spacial score (nSPS) is 23.9. The fourth-order valence-corrected chi connectivity index (χ4v) is 1.83. The molecule has 0 spiro atoms. The van der Waals surface area contributed by atoms with Gasteiger partial charge in [0.2, 0.25) is 0 Å². The summed E-state index contributed by atoms with van der Waals surface area (Å²) < 4.78 is 15.4. The van der Waals surface area contributed by atoms with E-state index in [9.17, 15) is 4.79 Å². The zero-order chi connectivity index (χ0) is 12.6. The number of hydrogen-bond acceptors (Lipinski definition) is 5. The van der Waals surface area contributed by atoms with E-state index in [2.05, 4.69) is 5.32 Å². The number of carbonyl (C=O) groups is 1. The average Bonchev–Trinajstić information content (AvgIpc) is 2.76. The molecule has 1 N–H and O–H groups in total. The van der Waals surface area contributed by atoms with Crippen LogP contribution in [0.2, 0.25) is 0 Å². The monoisotopic (exact) mass is 245 g/mol. The Morgan fingerprint density at radius 3 is 2.76 bits per heavy atom. The Balaban J connectivity index is 2.00. The lowest BCUT2D eigenvalue weighted by atomic mass is 10.0. The van der Waals surface area contributed by atoms with E-state index in [1.54, 1.807) is 7.11 Å². The van der Waals surface area contributed by atoms with E-state index >= 15 is 0 Å². The van der Waals surface area contributed by atoms with E-state index in [1.165, 1.54) is 0 Å². The summed E-state index contributed by atoms with van der Waals surface area (Å²) in [7, 11) is 1.66. The molecule has 1 saturated heterocycles. The molecule has 0 aromatic heterocycles. The Bertz CT molecular complexity index is 227. The van der Waals surface area contributed by atoms with Gasteiger partial charge in [0.1, 0.15) is 12.1 Å². The fraction of sp³-hybridized carbons (Fsp3) is 0.917. The molecular formula is C12H23NO4. The van der Waals surface area contributed by atoms with Gasteiger partial charge in [-0.2, -0.15) is 0 Å². The highest BCUT2D eigenvalue weighted by molar-refractivity contribution is 5.80. The van der Waals surface area contributed by atoms with Crippen LogP contribution in [0.5, 0.6) is 0 Å². The Hall–Kier alpha value is -0.650. The second-order valence-electron chi connectivity index (χ2n) is 4.46. The third-order valence-electron chi connectivity index (χ3n) is 2.92. The fourth-order valence-electron chi connectivity index (χ4n) is 1.83. The maximum absolute atomic E-state index is 11.7. The Kier molecular flexibility index (Phi) is 6.47. The lowest BCUT2D eigenvalue weighted by Gasteiger charge is -2.21. The van der Waals surface area contributed by atoms with Crippen LogP contribution in [0.1, 0.15) is 26.2 Å². The predicted octanol–water partition coefficient (Wildman–Crippen LogP) is 0.725. The maximum Gasteiger partial charge on any atom is 0.326 e. The highest BCUT2D eigenvalue weighted by Gasteiger charge is 2.37. The van der Waals surface area contributed by atoms with E-state index in [-0.39, 0.29) is 5.97 Å². The summed E-state index contributed by atoms with van der Waals surface area (Å²) in [5, 5.41) is 3.17. The molecule has 0 bridgehead atoms. The summed E-state index contributed by atoms with van der Waals surface area (Å²) in [6, 6.07) is 0. The van der Waals surface area contributed by atoms with E-state index in [4.69, 9.17) is 14.2 Å². The molecule has 5 heteroatoms. The summed E-state index contributed by atoms with van der Waals surface area (Å²) >= 11 is 0. The van der Waals surface area contributed by atoms with Gasteiger partial charge in [-0.05, 0) is 32.7 Å². The van der Waals surface area contributed by atoms with Crippen molar-refractivity contribution in [3.8, 4) is 0 Å². The van der Waals surface area contributed by atoms with Crippen molar-refractivity contribution in [3.63, 3.8) is 0 Å². The van der Waals surface area contributed by atoms with Gasteiger partial charge in [0.25, 0.3) is 0 Å². The van der Waals surface area contributed by atoms with Gasteiger partial charge in [-0.25, -0.2) is 0 Å². The highest BCUT2D eigenvalue weighted by Crippen LogP contribution is 2.19. The summed E-state index contributed by atoms with van der Waals surface area (Å²) in [6.45, 7) is 4.89. The van der Waals surface area contributed by atoms with E-state index in [0.717, 1.165) is 25.8 Å². The van der Waals surface area contributed by atoms with Gasteiger partial charge in [-0.15, -0.1) is 0 Å². The van der Waals surface area contributed by atoms with Crippen LogP contribution in [0.25, 0.3) is 0 Å². The summed E-state index contributed by atoms with van der Waals surface area (Å²) in [5.74, 6) is -0.171. The van der Waals surface area contributed by atoms with Gasteiger partial charge in [-0.3, -0.25) is 4.79 Å². The smallest absolute Gasteiger partial charge is 0.326 e. The van der Waals surface area contributed by atoms with E-state index < -0.39 is 5.54 Å². The van der Waals surface area contributed by atoms with Crippen LogP contribution in [0, 0.1) is 0 Å². The molecule has 1 aliphatic heterocycles. The molecule has 1 rings (SSSR count). The van der Waals surface area contributed by atoms with Crippen molar-refractivity contribution in [1.29, 1.82) is 0 Å². The second kappa shape index (κ2) is 7.63. The first-order chi connectivity index (χ1) is 8.19. The molecule has 0 amide bonds. The number of methoxy groups -OCH3 is 1. The number of nitrogens with one attached hydrogen (secondary N) is 1. The molecular weight excluding hydrogens is 222 g/mol. The van der Waals surface area contributed by atoms with Crippen LogP contribution in [0.4, 0.5) is 0 Å². The molecule has 1 atom stereocenters. The Morgan fingerprint density at radius 2 is 2.12 bits per heavy atom. The molecule has 0 aliphatic carbocycles. The summed E-state index contributed by atoms with van der Waals surface area (Å²) in [4.78, 5) is 11.7. The lowest BCUT2D eigenvalue weighted by Crippen LogP contribution is -2.46. The van der Waals surface area contributed by atoms with Crippen LogP contribution in [0.3, 0.4) is 0 Å².